The molecule has 28 N–H and O–H groups in total. The second-order valence-corrected chi connectivity index (χ2v) is 22.8. The minimum absolute atomic E-state index is 0.282. The molecule has 28 atom stereocenters. The van der Waals surface area contributed by atoms with Crippen molar-refractivity contribution >= 4 is 35.5 Å². The summed E-state index contributed by atoms with van der Waals surface area (Å²) >= 11 is 1.52. The minimum Gasteiger partial charge on any atom is -0.506 e. The molecule has 9 rings (SSSR count). The van der Waals surface area contributed by atoms with Gasteiger partial charge in [-0.1, -0.05) is 0 Å². The van der Waals surface area contributed by atoms with Crippen molar-refractivity contribution in [3.63, 3.8) is 0 Å². The van der Waals surface area contributed by atoms with E-state index in [0.717, 1.165) is 23.5 Å². The number of nitrogens with two attached hydrogens (primary N) is 2. The molecule has 9 heterocycles. The van der Waals surface area contributed by atoms with E-state index in [-0.39, 0.29) is 17.3 Å². The van der Waals surface area contributed by atoms with Gasteiger partial charge in [0.1, 0.15) is 122 Å². The molecule has 0 saturated carbocycles. The Kier molecular flexibility index (Phi) is 30.1. The van der Waals surface area contributed by atoms with Gasteiger partial charge in [0.05, 0.1) is 25.9 Å². The largest absolute Gasteiger partial charge is 0.506 e. The highest BCUT2D eigenvalue weighted by molar-refractivity contribution is 7.99. The first-order chi connectivity index (χ1) is 42.0. The number of carboxylic acid groups (broad SMARTS) is 2. The molecule has 8 bridgehead atoms. The van der Waals surface area contributed by atoms with Crippen LogP contribution >= 0.6 is 23.5 Å². The predicted molar refractivity (Wildman–Crippen MR) is 287 cm³/mol. The molecular formula is C48H80N2O37S2. The SMILES string of the molecule is N[C@H](CSCC[C@H]1O[C@@H](O)/C(O)=C(/O)[C@@H](CCO)O[C@H]2OC(CO)[C@@H](O[C@H]3OC(CO)[C@@H](O[C@@H]4OC(CSC[C@@H](N)C(=O)O)[C@@H](O[C@H](O)/C(O)=C(\O)[C@@H](CCO)O[C@@H]5OC(CO)[C@@H](O[C@@H](O)C(O)=C1O)C(O)C5O)[C@H](O)C4O)C(O)C3O)C(O)C2O)C(=O)O. The molecule has 39 nitrogen and oxygen atoms in total. The first-order valence-corrected chi connectivity index (χ1v) is 29.5. The summed E-state index contributed by atoms with van der Waals surface area (Å²) in [6, 6.07) is -2.95. The van der Waals surface area contributed by atoms with Crippen LogP contribution in [-0.2, 0) is 61.7 Å². The first kappa shape index (κ1) is 76.2. The summed E-state index contributed by atoms with van der Waals surface area (Å²) in [4.78, 5) is 22.9. The number of aliphatic carboxylic acids is 2. The quantitative estimate of drug-likeness (QED) is 0.0567. The van der Waals surface area contributed by atoms with Gasteiger partial charge in [0.15, 0.2) is 59.7 Å². The maximum Gasteiger partial charge on any atom is 0.321 e. The average molecular weight is 1340 g/mol. The van der Waals surface area contributed by atoms with Gasteiger partial charge in [-0.15, -0.1) is 0 Å². The Hall–Kier alpha value is -3.50. The van der Waals surface area contributed by atoms with Gasteiger partial charge < -0.3 is 186 Å². The number of carbonyl (C=O) groups is 2. The Morgan fingerprint density at radius 3 is 1.00 bits per heavy atom. The number of carboxylic acids is 2. The van der Waals surface area contributed by atoms with Crippen LogP contribution in [0.25, 0.3) is 0 Å². The van der Waals surface area contributed by atoms with E-state index in [1.165, 1.54) is 0 Å². The first-order valence-electron chi connectivity index (χ1n) is 27.2. The number of aliphatic hydroxyl groups excluding tert-OH is 22. The average Bonchev–Trinajstić information content (AvgIpc) is 1.92. The third-order valence-electron chi connectivity index (χ3n) is 14.4. The highest BCUT2D eigenvalue weighted by Gasteiger charge is 2.55. The maximum absolute atomic E-state index is 11.5. The Bertz CT molecular complexity index is 2310. The van der Waals surface area contributed by atoms with E-state index in [0.29, 0.717) is 0 Å². The Labute approximate surface area is 511 Å². The van der Waals surface area contributed by atoms with Crippen LogP contribution in [0.1, 0.15) is 19.3 Å². The van der Waals surface area contributed by atoms with E-state index in [1.54, 1.807) is 0 Å². The van der Waals surface area contributed by atoms with Gasteiger partial charge in [-0.2, -0.15) is 23.5 Å². The van der Waals surface area contributed by atoms with E-state index in [4.69, 9.17) is 63.6 Å². The molecule has 0 aromatic heterocycles. The highest BCUT2D eigenvalue weighted by Crippen LogP contribution is 2.37. The van der Waals surface area contributed by atoms with E-state index in [1.807, 2.05) is 0 Å². The molecule has 9 aliphatic heterocycles. The van der Waals surface area contributed by atoms with E-state index in [9.17, 15) is 132 Å². The van der Waals surface area contributed by atoms with Gasteiger partial charge >= 0.3 is 11.9 Å². The molecule has 89 heavy (non-hydrogen) atoms. The number of hydrogen-bond acceptors (Lipinski definition) is 39. The number of hydrogen-bond donors (Lipinski definition) is 26. The molecular weight excluding hydrogens is 1260 g/mol. The molecule has 0 radical (unpaired) electrons. The Morgan fingerprint density at radius 2 is 0.663 bits per heavy atom. The predicted octanol–water partition coefficient (Wildman–Crippen LogP) is -10.2. The maximum atomic E-state index is 11.5. The standard InChI is InChI=1S/C48H80N2O37S2/c49-13(40(70)71)10-88-6-3-17-24(58)31(65)43(75)84-36-18(7-53)80-45(32(66)25(36)59)79-16(2-5-52)23(57)30(64)44(76)85-39-21(12-89-11-14(50)41(72)73)83-48(35(69)28(39)62)87-38-20(9-55)82-47(34(68)27(38)61)86-37-19(8-54)81-46(33(67)26(37)60)78-15(1-4-51)22(56)29(63)42(74)77-17/h13-21,25-28,32-39,42-48,51-69,74-76H,1-12,49-50H2,(H,70,71)(H,72,73)/b29-22-,30-23+,31-24?/t13-,14-,15-,16-,17-,18?,19?,20?,21?,25?,26?,27?,28-,32?,33?,34?,35?,36-,37-,38-,39-,42-,43-,44+,45-,46+,47-,48+/m1/s1. The van der Waals surface area contributed by atoms with Crippen LogP contribution in [0.2, 0.25) is 0 Å². The van der Waals surface area contributed by atoms with Crippen LogP contribution in [0.5, 0.6) is 0 Å². The van der Waals surface area contributed by atoms with Crippen molar-refractivity contribution in [2.24, 2.45) is 11.5 Å². The van der Waals surface area contributed by atoms with Gasteiger partial charge in [0.25, 0.3) is 0 Å². The highest BCUT2D eigenvalue weighted by atomic mass is 32.2. The van der Waals surface area contributed by atoms with Crippen molar-refractivity contribution in [2.75, 3.05) is 56.0 Å². The molecule has 4 fully saturated rings. The lowest BCUT2D eigenvalue weighted by molar-refractivity contribution is -0.381. The number of rotatable bonds is 18. The Balaban J connectivity index is 1.57. The summed E-state index contributed by atoms with van der Waals surface area (Å²) in [5.74, 6) is -13.4. The number of fused-ring (bicyclic) bond motifs is 4. The molecule has 0 amide bonds. The van der Waals surface area contributed by atoms with Gasteiger partial charge in [0, 0.05) is 43.3 Å². The molecule has 4 saturated heterocycles. The van der Waals surface area contributed by atoms with Crippen LogP contribution < -0.4 is 11.5 Å². The fraction of sp³-hybridized carbons (Fsp3) is 0.833. The zero-order valence-electron chi connectivity index (χ0n) is 46.7. The van der Waals surface area contributed by atoms with Crippen LogP contribution in [-0.4, -0.2) is 363 Å². The van der Waals surface area contributed by atoms with Crippen molar-refractivity contribution in [1.29, 1.82) is 0 Å². The Morgan fingerprint density at radius 1 is 0.371 bits per heavy atom. The third kappa shape index (κ3) is 19.1. The van der Waals surface area contributed by atoms with Gasteiger partial charge in [-0.25, -0.2) is 0 Å². The van der Waals surface area contributed by atoms with E-state index < -0.39 is 277 Å². The van der Waals surface area contributed by atoms with E-state index in [2.05, 4.69) is 0 Å². The zero-order chi connectivity index (χ0) is 66.5. The van der Waals surface area contributed by atoms with Gasteiger partial charge in [0.2, 0.25) is 18.9 Å². The lowest BCUT2D eigenvalue weighted by atomic mass is 9.96. The number of aliphatic hydroxyl groups is 22. The van der Waals surface area contributed by atoms with Crippen molar-refractivity contribution in [1.82, 2.24) is 0 Å². The normalized spacial score (nSPS) is 42.9. The molecule has 41 heteroatoms. The molecule has 9 aliphatic rings. The molecule has 0 aromatic carbocycles. The summed E-state index contributed by atoms with van der Waals surface area (Å²) in [7, 11) is 0. The summed E-state index contributed by atoms with van der Waals surface area (Å²) in [5.41, 5.74) is 11.2. The van der Waals surface area contributed by atoms with Crippen molar-refractivity contribution in [2.45, 2.75) is 191 Å². The third-order valence-corrected chi connectivity index (χ3v) is 16.6. The lowest BCUT2D eigenvalue weighted by Crippen LogP contribution is -2.67. The summed E-state index contributed by atoms with van der Waals surface area (Å²) in [6.07, 6.45) is -59.6. The summed E-state index contributed by atoms with van der Waals surface area (Å²) in [5, 5.41) is 261. The summed E-state index contributed by atoms with van der Waals surface area (Å²) in [6.45, 7) is -5.32. The monoisotopic (exact) mass is 1340 g/mol. The van der Waals surface area contributed by atoms with Gasteiger partial charge in [-0.3, -0.25) is 9.59 Å². The number of ether oxygens (including phenoxy) is 11. The van der Waals surface area contributed by atoms with Crippen molar-refractivity contribution in [3.05, 3.63) is 34.6 Å². The fourth-order valence-electron chi connectivity index (χ4n) is 9.37. The van der Waals surface area contributed by atoms with Crippen molar-refractivity contribution in [3.8, 4) is 0 Å². The molecule has 0 aromatic rings. The number of thioether (sulfide) groups is 2. The van der Waals surface area contributed by atoms with Crippen LogP contribution in [0, 0.1) is 0 Å². The summed E-state index contributed by atoms with van der Waals surface area (Å²) < 4.78 is 61.4. The van der Waals surface area contributed by atoms with Crippen LogP contribution in [0.3, 0.4) is 0 Å². The molecule has 0 spiro atoms. The second-order valence-electron chi connectivity index (χ2n) is 20.6. The van der Waals surface area contributed by atoms with E-state index >= 15 is 0 Å². The smallest absolute Gasteiger partial charge is 0.321 e. The van der Waals surface area contributed by atoms with Crippen molar-refractivity contribution < 1.29 is 184 Å². The fourth-order valence-corrected chi connectivity index (χ4v) is 11.3. The lowest BCUT2D eigenvalue weighted by Gasteiger charge is -2.48. The van der Waals surface area contributed by atoms with Crippen LogP contribution in [0.4, 0.5) is 0 Å². The zero-order valence-corrected chi connectivity index (χ0v) is 48.3. The molecule has 516 valence electrons. The minimum atomic E-state index is -2.83. The molecule has 11 unspecified atom stereocenters. The van der Waals surface area contributed by atoms with Gasteiger partial charge in [-0.05, 0) is 12.2 Å². The second kappa shape index (κ2) is 35.1. The topological polar surface area (TPSA) is 673 Å². The van der Waals surface area contributed by atoms with Crippen LogP contribution in [0.15, 0.2) is 34.6 Å². The molecule has 0 aliphatic carbocycles.